The first-order chi connectivity index (χ1) is 12.1. The molecule has 0 saturated heterocycles. The van der Waals surface area contributed by atoms with E-state index in [1.54, 1.807) is 12.1 Å². The Hall–Kier alpha value is -2.12. The van der Waals surface area contributed by atoms with Gasteiger partial charge in [-0.3, -0.25) is 4.79 Å². The lowest BCUT2D eigenvalue weighted by atomic mass is 9.74. The second kappa shape index (κ2) is 7.84. The number of hydrogen-bond acceptors (Lipinski definition) is 6. The molecule has 3 N–H and O–H groups in total. The summed E-state index contributed by atoms with van der Waals surface area (Å²) in [6.07, 6.45) is 5.77. The van der Waals surface area contributed by atoms with Crippen LogP contribution in [0.25, 0.3) is 0 Å². The van der Waals surface area contributed by atoms with Gasteiger partial charge < -0.3 is 19.7 Å². The number of nitrogens with zero attached hydrogens (tertiary/aromatic N) is 1. The van der Waals surface area contributed by atoms with Gasteiger partial charge in [-0.2, -0.15) is 5.10 Å². The summed E-state index contributed by atoms with van der Waals surface area (Å²) >= 11 is 0. The molecule has 1 aliphatic heterocycles. The van der Waals surface area contributed by atoms with Crippen LogP contribution >= 0.6 is 0 Å². The van der Waals surface area contributed by atoms with E-state index in [1.165, 1.54) is 6.21 Å². The molecule has 1 unspecified atom stereocenters. The van der Waals surface area contributed by atoms with Gasteiger partial charge in [0, 0.05) is 18.9 Å². The number of nitrogens with one attached hydrogen (secondary N) is 1. The number of ether oxygens (including phenoxy) is 2. The number of benzene rings is 1. The van der Waals surface area contributed by atoms with Gasteiger partial charge in [0.2, 0.25) is 12.7 Å². The highest BCUT2D eigenvalue weighted by molar-refractivity contribution is 5.83. The highest BCUT2D eigenvalue weighted by atomic mass is 16.7. The van der Waals surface area contributed by atoms with Crippen LogP contribution < -0.4 is 14.9 Å². The molecular weight excluding hydrogens is 324 g/mol. The number of carbonyl (C=O) groups excluding carboxylic acids is 1. The molecule has 1 saturated carbocycles. The number of amides is 1. The second-order valence-electron chi connectivity index (χ2n) is 6.65. The molecule has 1 atom stereocenters. The van der Waals surface area contributed by atoms with Crippen molar-refractivity contribution in [1.82, 2.24) is 5.43 Å². The van der Waals surface area contributed by atoms with Gasteiger partial charge in [0.25, 0.3) is 0 Å². The van der Waals surface area contributed by atoms with Crippen molar-refractivity contribution in [3.05, 3.63) is 23.8 Å². The largest absolute Gasteiger partial charge is 0.454 e. The summed E-state index contributed by atoms with van der Waals surface area (Å²) in [5.41, 5.74) is 2.28. The Bertz CT molecular complexity index is 640. The van der Waals surface area contributed by atoms with Crippen LogP contribution in [-0.2, 0) is 4.79 Å². The van der Waals surface area contributed by atoms with Crippen molar-refractivity contribution in [3.63, 3.8) is 0 Å². The number of aliphatic hydroxyl groups excluding tert-OH is 1. The molecule has 7 heteroatoms. The Morgan fingerprint density at radius 3 is 2.80 bits per heavy atom. The highest BCUT2D eigenvalue weighted by Crippen LogP contribution is 2.36. The first kappa shape index (κ1) is 17.7. The van der Waals surface area contributed by atoms with Gasteiger partial charge in [-0.05, 0) is 36.6 Å². The number of fused-ring (bicyclic) bond motifs is 1. The molecule has 7 nitrogen and oxygen atoms in total. The fourth-order valence-electron chi connectivity index (χ4n) is 3.44. The van der Waals surface area contributed by atoms with Crippen molar-refractivity contribution in [2.24, 2.45) is 11.0 Å². The van der Waals surface area contributed by atoms with Crippen molar-refractivity contribution < 1.29 is 24.5 Å². The monoisotopic (exact) mass is 348 g/mol. The van der Waals surface area contributed by atoms with E-state index in [-0.39, 0.29) is 25.7 Å². The maximum Gasteiger partial charge on any atom is 0.240 e. The summed E-state index contributed by atoms with van der Waals surface area (Å²) in [4.78, 5) is 12.1. The normalized spacial score (nSPS) is 19.8. The van der Waals surface area contributed by atoms with E-state index in [9.17, 15) is 15.0 Å². The van der Waals surface area contributed by atoms with Gasteiger partial charge in [-0.25, -0.2) is 5.43 Å². The fourth-order valence-corrected chi connectivity index (χ4v) is 3.44. The Kier molecular flexibility index (Phi) is 5.55. The number of hydrogen-bond donors (Lipinski definition) is 3. The quantitative estimate of drug-likeness (QED) is 0.535. The number of hydrazone groups is 1. The van der Waals surface area contributed by atoms with Crippen LogP contribution in [0.2, 0.25) is 0 Å². The zero-order chi connectivity index (χ0) is 17.7. The smallest absolute Gasteiger partial charge is 0.240 e. The van der Waals surface area contributed by atoms with Crippen LogP contribution in [0.1, 0.15) is 44.1 Å². The molecule has 0 radical (unpaired) electrons. The zero-order valence-corrected chi connectivity index (χ0v) is 14.1. The molecule has 136 valence electrons. The van der Waals surface area contributed by atoms with Crippen LogP contribution in [0.5, 0.6) is 11.5 Å². The van der Waals surface area contributed by atoms with Gasteiger partial charge in [-0.1, -0.05) is 19.3 Å². The summed E-state index contributed by atoms with van der Waals surface area (Å²) in [5, 5.41) is 24.2. The van der Waals surface area contributed by atoms with Gasteiger partial charge in [0.05, 0.1) is 11.8 Å². The van der Waals surface area contributed by atoms with Gasteiger partial charge in [0.15, 0.2) is 11.5 Å². The van der Waals surface area contributed by atoms with Crippen LogP contribution in [0.15, 0.2) is 23.3 Å². The molecule has 0 spiro atoms. The van der Waals surface area contributed by atoms with E-state index in [2.05, 4.69) is 10.5 Å². The van der Waals surface area contributed by atoms with Crippen molar-refractivity contribution in [2.75, 3.05) is 13.4 Å². The predicted octanol–water partition coefficient (Wildman–Crippen LogP) is 1.56. The van der Waals surface area contributed by atoms with Gasteiger partial charge >= 0.3 is 0 Å². The van der Waals surface area contributed by atoms with E-state index in [0.717, 1.165) is 24.8 Å². The lowest BCUT2D eigenvalue weighted by Gasteiger charge is -2.38. The fraction of sp³-hybridized carbons (Fsp3) is 0.556. The van der Waals surface area contributed by atoms with E-state index in [1.807, 2.05) is 6.07 Å². The van der Waals surface area contributed by atoms with E-state index in [0.29, 0.717) is 24.3 Å². The number of rotatable bonds is 6. The van der Waals surface area contributed by atoms with Crippen LogP contribution in [0.3, 0.4) is 0 Å². The first-order valence-corrected chi connectivity index (χ1v) is 8.65. The molecule has 2 aliphatic rings. The van der Waals surface area contributed by atoms with Crippen LogP contribution in [0.4, 0.5) is 0 Å². The van der Waals surface area contributed by atoms with Gasteiger partial charge in [-0.15, -0.1) is 0 Å². The van der Waals surface area contributed by atoms with Gasteiger partial charge in [0.1, 0.15) is 0 Å². The third-order valence-corrected chi connectivity index (χ3v) is 4.93. The molecule has 25 heavy (non-hydrogen) atoms. The van der Waals surface area contributed by atoms with Crippen LogP contribution in [-0.4, -0.2) is 41.3 Å². The lowest BCUT2D eigenvalue weighted by Crippen LogP contribution is -2.43. The van der Waals surface area contributed by atoms with Crippen LogP contribution in [0, 0.1) is 5.92 Å². The third kappa shape index (κ3) is 4.29. The minimum absolute atomic E-state index is 0.0471. The molecule has 0 aromatic heterocycles. The molecule has 1 amide bonds. The maximum atomic E-state index is 12.1. The molecule has 1 aromatic rings. The molecule has 1 aliphatic carbocycles. The summed E-state index contributed by atoms with van der Waals surface area (Å²) < 4.78 is 10.5. The van der Waals surface area contributed by atoms with E-state index < -0.39 is 11.5 Å². The minimum Gasteiger partial charge on any atom is -0.454 e. The average Bonchev–Trinajstić information content (AvgIpc) is 3.08. The summed E-state index contributed by atoms with van der Waals surface area (Å²) in [6, 6.07) is 5.37. The Morgan fingerprint density at radius 2 is 2.04 bits per heavy atom. The molecule has 3 rings (SSSR count). The molecular formula is C18H24N2O5. The van der Waals surface area contributed by atoms with E-state index in [4.69, 9.17) is 9.47 Å². The summed E-state index contributed by atoms with van der Waals surface area (Å²) in [6.45, 7) is -0.00603. The van der Waals surface area contributed by atoms with Crippen molar-refractivity contribution in [2.45, 2.75) is 44.1 Å². The Balaban J connectivity index is 1.53. The maximum absolute atomic E-state index is 12.1. The molecule has 0 bridgehead atoms. The van der Waals surface area contributed by atoms with Crippen molar-refractivity contribution >= 4 is 12.1 Å². The average molecular weight is 348 g/mol. The predicted molar refractivity (Wildman–Crippen MR) is 91.5 cm³/mol. The van der Waals surface area contributed by atoms with E-state index >= 15 is 0 Å². The Labute approximate surface area is 146 Å². The topological polar surface area (TPSA) is 100 Å². The molecule has 1 aromatic carbocycles. The zero-order valence-electron chi connectivity index (χ0n) is 14.1. The summed E-state index contributed by atoms with van der Waals surface area (Å²) in [5.74, 6) is 0.548. The Morgan fingerprint density at radius 1 is 1.28 bits per heavy atom. The highest BCUT2D eigenvalue weighted by Gasteiger charge is 2.38. The SMILES string of the molecule is O=C(CC(CO)C1(O)CCCCC1)N/N=C/c1ccc2c(c1)OCO2. The standard InChI is InChI=1S/C18H24N2O5/c21-11-14(18(23)6-2-1-3-7-18)9-17(22)20-19-10-13-4-5-15-16(8-13)25-12-24-15/h4-5,8,10,14,21,23H,1-3,6-7,9,11-12H2,(H,20,22)/b19-10+. The number of carbonyl (C=O) groups is 1. The molecule has 1 fully saturated rings. The number of aliphatic hydroxyl groups is 2. The van der Waals surface area contributed by atoms with Crippen molar-refractivity contribution in [1.29, 1.82) is 0 Å². The van der Waals surface area contributed by atoms with Crippen molar-refractivity contribution in [3.8, 4) is 11.5 Å². The third-order valence-electron chi connectivity index (χ3n) is 4.93. The minimum atomic E-state index is -0.953. The first-order valence-electron chi connectivity index (χ1n) is 8.65. The second-order valence-corrected chi connectivity index (χ2v) is 6.65. The molecule has 1 heterocycles. The summed E-state index contributed by atoms with van der Waals surface area (Å²) in [7, 11) is 0. The lowest BCUT2D eigenvalue weighted by molar-refractivity contribution is -0.128.